The van der Waals surface area contributed by atoms with E-state index < -0.39 is 0 Å². The van der Waals surface area contributed by atoms with Gasteiger partial charge in [-0.2, -0.15) is 0 Å². The van der Waals surface area contributed by atoms with Crippen LogP contribution in [0.4, 0.5) is 5.95 Å². The summed E-state index contributed by atoms with van der Waals surface area (Å²) in [6.45, 7) is 9.27. The maximum absolute atomic E-state index is 11.3. The number of nitrogens with zero attached hydrogens (tertiary/aromatic N) is 6. The zero-order valence-electron chi connectivity index (χ0n) is 21.1. The van der Waals surface area contributed by atoms with Crippen LogP contribution in [0.15, 0.2) is 42.9 Å². The number of carbonyl (C=O) groups excluding carboxylic acids is 1. The van der Waals surface area contributed by atoms with Crippen LogP contribution in [-0.4, -0.2) is 60.8 Å². The molecule has 3 aromatic heterocycles. The van der Waals surface area contributed by atoms with Gasteiger partial charge in [-0.05, 0) is 58.7 Å². The summed E-state index contributed by atoms with van der Waals surface area (Å²) in [4.78, 5) is 30.0. The number of carbonyl (C=O) groups is 1. The van der Waals surface area contributed by atoms with Crippen LogP contribution in [-0.2, 0) is 4.79 Å². The number of anilines is 1. The molecule has 1 aromatic carbocycles. The molecule has 4 aromatic rings. The molecular weight excluding hydrogens is 456 g/mol. The molecule has 186 valence electrons. The largest absolute Gasteiger partial charge is 0.428 e. The molecule has 0 unspecified atom stereocenters. The van der Waals surface area contributed by atoms with Crippen LogP contribution in [0.25, 0.3) is 33.7 Å². The smallest absolute Gasteiger partial charge is 0.298 e. The summed E-state index contributed by atoms with van der Waals surface area (Å²) >= 11 is 0. The van der Waals surface area contributed by atoms with E-state index in [1.54, 1.807) is 24.7 Å². The molecule has 5 rings (SSSR count). The standard InChI is InChI=1S/C26H30N8O2/c1-25(2)11-17(12-26(3,4)33-25)34(5)24-29-14-21(31-32-24)18-7-6-16(10-22(18)36-15-35)20-13-28-23-19(30-20)8-9-27-23/h6-10,13-15,17,33H,11-12H2,1-5H3,(H,27,28). The zero-order valence-corrected chi connectivity index (χ0v) is 21.1. The summed E-state index contributed by atoms with van der Waals surface area (Å²) < 4.78 is 5.30. The van der Waals surface area contributed by atoms with Crippen LogP contribution in [0.5, 0.6) is 5.75 Å². The molecule has 36 heavy (non-hydrogen) atoms. The summed E-state index contributed by atoms with van der Waals surface area (Å²) in [5.41, 5.74) is 4.03. The van der Waals surface area contributed by atoms with Crippen LogP contribution in [0.3, 0.4) is 0 Å². The Labute approximate surface area is 209 Å². The van der Waals surface area contributed by atoms with E-state index >= 15 is 0 Å². The Morgan fingerprint density at radius 2 is 1.78 bits per heavy atom. The number of aromatic nitrogens is 6. The number of H-pyrrole nitrogens is 1. The minimum absolute atomic E-state index is 0.00682. The van der Waals surface area contributed by atoms with Crippen molar-refractivity contribution in [3.8, 4) is 28.3 Å². The molecular formula is C26H30N8O2. The molecule has 2 N–H and O–H groups in total. The van der Waals surface area contributed by atoms with Crippen molar-refractivity contribution in [2.75, 3.05) is 11.9 Å². The number of nitrogens with one attached hydrogen (secondary N) is 2. The van der Waals surface area contributed by atoms with Crippen molar-refractivity contribution in [1.29, 1.82) is 0 Å². The Hall–Kier alpha value is -3.92. The van der Waals surface area contributed by atoms with Crippen LogP contribution in [0.2, 0.25) is 0 Å². The van der Waals surface area contributed by atoms with E-state index in [0.717, 1.165) is 23.9 Å². The first-order chi connectivity index (χ1) is 17.1. The van der Waals surface area contributed by atoms with Crippen LogP contribution in [0.1, 0.15) is 40.5 Å². The van der Waals surface area contributed by atoms with Crippen molar-refractivity contribution in [3.63, 3.8) is 0 Å². The lowest BCUT2D eigenvalue weighted by Gasteiger charge is -2.48. The predicted octanol–water partition coefficient (Wildman–Crippen LogP) is 3.76. The number of aromatic amines is 1. The van der Waals surface area contributed by atoms with Gasteiger partial charge in [-0.25, -0.2) is 15.0 Å². The molecule has 1 aliphatic heterocycles. The topological polar surface area (TPSA) is 122 Å². The monoisotopic (exact) mass is 486 g/mol. The lowest BCUT2D eigenvalue weighted by atomic mass is 9.79. The summed E-state index contributed by atoms with van der Waals surface area (Å²) in [6.07, 6.45) is 7.06. The van der Waals surface area contributed by atoms with Gasteiger partial charge in [0.2, 0.25) is 5.95 Å². The van der Waals surface area contributed by atoms with Gasteiger partial charge in [0.15, 0.2) is 5.65 Å². The van der Waals surface area contributed by atoms with Gasteiger partial charge < -0.3 is 19.9 Å². The second-order valence-corrected chi connectivity index (χ2v) is 10.6. The number of hydrogen-bond acceptors (Lipinski definition) is 9. The van der Waals surface area contributed by atoms with E-state index in [-0.39, 0.29) is 17.1 Å². The number of benzene rings is 1. The van der Waals surface area contributed by atoms with Gasteiger partial charge in [0.05, 0.1) is 18.1 Å². The number of rotatable bonds is 6. The number of piperidine rings is 1. The Kier molecular flexibility index (Phi) is 5.91. The molecule has 4 heterocycles. The number of ether oxygens (including phenoxy) is 1. The SMILES string of the molecule is CN(c1ncc(-c2ccc(-c3cnc4[nH]ccc4n3)cc2OC=O)nn1)C1CC(C)(C)NC(C)(C)C1. The maximum atomic E-state index is 11.3. The Morgan fingerprint density at radius 3 is 2.47 bits per heavy atom. The summed E-state index contributed by atoms with van der Waals surface area (Å²) in [7, 11) is 2.01. The molecule has 10 heteroatoms. The minimum Gasteiger partial charge on any atom is -0.428 e. The van der Waals surface area contributed by atoms with Gasteiger partial charge in [-0.1, -0.05) is 6.07 Å². The Bertz CT molecular complexity index is 1380. The highest BCUT2D eigenvalue weighted by Gasteiger charge is 2.39. The lowest BCUT2D eigenvalue weighted by Crippen LogP contribution is -2.62. The van der Waals surface area contributed by atoms with Crippen molar-refractivity contribution in [2.45, 2.75) is 57.7 Å². The van der Waals surface area contributed by atoms with Gasteiger partial charge in [0, 0.05) is 41.5 Å². The predicted molar refractivity (Wildman–Crippen MR) is 138 cm³/mol. The fourth-order valence-electron chi connectivity index (χ4n) is 5.27. The van der Waals surface area contributed by atoms with Crippen molar-refractivity contribution < 1.29 is 9.53 Å². The zero-order chi connectivity index (χ0) is 25.5. The van der Waals surface area contributed by atoms with E-state index in [2.05, 4.69) is 68.0 Å². The third-order valence-electron chi connectivity index (χ3n) is 6.57. The van der Waals surface area contributed by atoms with Crippen LogP contribution < -0.4 is 15.0 Å². The quantitative estimate of drug-likeness (QED) is 0.392. The van der Waals surface area contributed by atoms with E-state index in [1.165, 1.54) is 0 Å². The molecule has 0 radical (unpaired) electrons. The fourth-order valence-corrected chi connectivity index (χ4v) is 5.27. The first-order valence-corrected chi connectivity index (χ1v) is 11.9. The van der Waals surface area contributed by atoms with Crippen molar-refractivity contribution in [3.05, 3.63) is 42.9 Å². The maximum Gasteiger partial charge on any atom is 0.298 e. The third kappa shape index (κ3) is 4.76. The van der Waals surface area contributed by atoms with Gasteiger partial charge in [0.25, 0.3) is 6.47 Å². The molecule has 0 saturated carbocycles. The van der Waals surface area contributed by atoms with Crippen molar-refractivity contribution in [1.82, 2.24) is 35.5 Å². The third-order valence-corrected chi connectivity index (χ3v) is 6.57. The van der Waals surface area contributed by atoms with Gasteiger partial charge in [-0.15, -0.1) is 10.2 Å². The average Bonchev–Trinajstić information content (AvgIpc) is 3.30. The summed E-state index contributed by atoms with van der Waals surface area (Å²) in [6, 6.07) is 7.58. The van der Waals surface area contributed by atoms with E-state index in [1.807, 2.05) is 25.2 Å². The first-order valence-electron chi connectivity index (χ1n) is 11.9. The lowest BCUT2D eigenvalue weighted by molar-refractivity contribution is -0.120. The van der Waals surface area contributed by atoms with Gasteiger partial charge in [0.1, 0.15) is 17.0 Å². The highest BCUT2D eigenvalue weighted by molar-refractivity contribution is 5.77. The normalized spacial score (nSPS) is 17.1. The highest BCUT2D eigenvalue weighted by Crippen LogP contribution is 2.34. The summed E-state index contributed by atoms with van der Waals surface area (Å²) in [5, 5.41) is 12.5. The molecule has 0 spiro atoms. The van der Waals surface area contributed by atoms with E-state index in [0.29, 0.717) is 40.8 Å². The van der Waals surface area contributed by atoms with E-state index in [4.69, 9.17) is 4.74 Å². The second-order valence-electron chi connectivity index (χ2n) is 10.6. The van der Waals surface area contributed by atoms with Crippen LogP contribution in [0, 0.1) is 0 Å². The first kappa shape index (κ1) is 23.8. The molecule has 0 bridgehead atoms. The summed E-state index contributed by atoms with van der Waals surface area (Å²) in [5.74, 6) is 0.902. The van der Waals surface area contributed by atoms with Crippen LogP contribution >= 0.6 is 0 Å². The minimum atomic E-state index is 0.00682. The number of fused-ring (bicyclic) bond motifs is 1. The number of hydrogen-bond donors (Lipinski definition) is 2. The van der Waals surface area contributed by atoms with Gasteiger partial charge >= 0.3 is 0 Å². The molecule has 1 aliphatic rings. The van der Waals surface area contributed by atoms with E-state index in [9.17, 15) is 4.79 Å². The van der Waals surface area contributed by atoms with Crippen molar-refractivity contribution >= 4 is 23.6 Å². The Morgan fingerprint density at radius 1 is 1.03 bits per heavy atom. The van der Waals surface area contributed by atoms with Crippen molar-refractivity contribution in [2.24, 2.45) is 0 Å². The molecule has 10 nitrogen and oxygen atoms in total. The molecule has 1 saturated heterocycles. The average molecular weight is 487 g/mol. The fraction of sp³-hybridized carbons (Fsp3) is 0.385. The molecule has 0 aliphatic carbocycles. The molecule has 0 amide bonds. The Balaban J connectivity index is 1.41. The highest BCUT2D eigenvalue weighted by atomic mass is 16.5. The van der Waals surface area contributed by atoms with Gasteiger partial charge in [-0.3, -0.25) is 4.79 Å². The molecule has 0 atom stereocenters. The molecule has 1 fully saturated rings. The second kappa shape index (κ2) is 8.94.